The molecule has 0 spiro atoms. The fraction of sp³-hybridized carbons (Fsp3) is 0.462. The number of ether oxygens (including phenoxy) is 1. The SMILES string of the molecule is Cc1ccccc1OCCCC(=O)N1CC[C@@H]2[C@H]1CCCC(=O)N2Cc1ccccc1. The minimum absolute atomic E-state index is 0.127. The molecule has 4 rings (SSSR count). The van der Waals surface area contributed by atoms with Crippen molar-refractivity contribution in [2.75, 3.05) is 13.2 Å². The summed E-state index contributed by atoms with van der Waals surface area (Å²) in [5.74, 6) is 1.29. The number of carbonyl (C=O) groups is 2. The highest BCUT2D eigenvalue weighted by atomic mass is 16.5. The highest BCUT2D eigenvalue weighted by Gasteiger charge is 2.42. The van der Waals surface area contributed by atoms with Crippen LogP contribution in [0.1, 0.15) is 49.7 Å². The van der Waals surface area contributed by atoms with E-state index in [0.29, 0.717) is 32.4 Å². The minimum Gasteiger partial charge on any atom is -0.493 e. The standard InChI is InChI=1S/C26H32N2O3/c1-20-9-5-6-13-24(20)31-18-8-15-25(29)27-17-16-23-22(27)12-7-14-26(30)28(23)19-21-10-3-2-4-11-21/h2-6,9-11,13,22-23H,7-8,12,14-19H2,1H3/t22-,23-/m1/s1. The van der Waals surface area contributed by atoms with Crippen LogP contribution in [0.5, 0.6) is 5.75 Å². The molecule has 0 aromatic heterocycles. The molecule has 2 aliphatic heterocycles. The first kappa shape index (κ1) is 21.4. The van der Waals surface area contributed by atoms with Gasteiger partial charge in [-0.1, -0.05) is 48.5 Å². The van der Waals surface area contributed by atoms with E-state index >= 15 is 0 Å². The molecule has 0 aliphatic carbocycles. The summed E-state index contributed by atoms with van der Waals surface area (Å²) in [6.45, 7) is 3.94. The van der Waals surface area contributed by atoms with Gasteiger partial charge in [0.05, 0.1) is 18.7 Å². The van der Waals surface area contributed by atoms with Crippen LogP contribution in [0.3, 0.4) is 0 Å². The second kappa shape index (κ2) is 9.99. The molecule has 5 heteroatoms. The third-order valence-corrected chi connectivity index (χ3v) is 6.52. The van der Waals surface area contributed by atoms with Crippen LogP contribution in [-0.4, -0.2) is 46.8 Å². The van der Waals surface area contributed by atoms with E-state index in [0.717, 1.165) is 42.7 Å². The molecule has 0 radical (unpaired) electrons. The van der Waals surface area contributed by atoms with Crippen molar-refractivity contribution in [2.45, 2.75) is 64.1 Å². The van der Waals surface area contributed by atoms with Crippen molar-refractivity contribution in [3.05, 3.63) is 65.7 Å². The number of nitrogens with zero attached hydrogens (tertiary/aromatic N) is 2. The lowest BCUT2D eigenvalue weighted by Gasteiger charge is -2.33. The molecule has 2 amide bonds. The monoisotopic (exact) mass is 420 g/mol. The van der Waals surface area contributed by atoms with Crippen molar-refractivity contribution in [3.63, 3.8) is 0 Å². The fourth-order valence-corrected chi connectivity index (χ4v) is 4.90. The summed E-state index contributed by atoms with van der Waals surface area (Å²) in [5.41, 5.74) is 2.26. The first-order valence-corrected chi connectivity index (χ1v) is 11.4. The first-order chi connectivity index (χ1) is 15.1. The minimum atomic E-state index is 0.127. The van der Waals surface area contributed by atoms with Gasteiger partial charge in [-0.15, -0.1) is 0 Å². The zero-order valence-corrected chi connectivity index (χ0v) is 18.3. The summed E-state index contributed by atoms with van der Waals surface area (Å²) in [5, 5.41) is 0. The Morgan fingerprint density at radius 1 is 1.03 bits per heavy atom. The molecule has 0 saturated carbocycles. The number of carbonyl (C=O) groups excluding carboxylic acids is 2. The number of benzene rings is 2. The van der Waals surface area contributed by atoms with Gasteiger partial charge in [0.1, 0.15) is 5.75 Å². The maximum atomic E-state index is 13.0. The predicted molar refractivity (Wildman–Crippen MR) is 121 cm³/mol. The average Bonchev–Trinajstić information content (AvgIpc) is 3.13. The molecule has 2 atom stereocenters. The first-order valence-electron chi connectivity index (χ1n) is 11.4. The Bertz CT molecular complexity index is 899. The highest BCUT2D eigenvalue weighted by molar-refractivity contribution is 5.79. The molecule has 2 heterocycles. The molecule has 31 heavy (non-hydrogen) atoms. The topological polar surface area (TPSA) is 49.9 Å². The molecule has 2 aromatic carbocycles. The van der Waals surface area contributed by atoms with Gasteiger partial charge in [-0.2, -0.15) is 0 Å². The Balaban J connectivity index is 1.34. The molecular formula is C26H32N2O3. The zero-order valence-electron chi connectivity index (χ0n) is 18.3. The van der Waals surface area contributed by atoms with Crippen LogP contribution in [0.25, 0.3) is 0 Å². The van der Waals surface area contributed by atoms with Gasteiger partial charge in [0.25, 0.3) is 0 Å². The van der Waals surface area contributed by atoms with Gasteiger partial charge in [-0.05, 0) is 49.8 Å². The van der Waals surface area contributed by atoms with Crippen molar-refractivity contribution in [1.82, 2.24) is 9.80 Å². The van der Waals surface area contributed by atoms with E-state index in [1.54, 1.807) is 0 Å². The summed E-state index contributed by atoms with van der Waals surface area (Å²) in [4.78, 5) is 29.9. The number of rotatable bonds is 7. The number of likely N-dealkylation sites (tertiary alicyclic amines) is 2. The van der Waals surface area contributed by atoms with E-state index in [1.165, 1.54) is 0 Å². The Morgan fingerprint density at radius 3 is 2.61 bits per heavy atom. The van der Waals surface area contributed by atoms with Gasteiger partial charge >= 0.3 is 0 Å². The number of amides is 2. The van der Waals surface area contributed by atoms with Crippen LogP contribution in [-0.2, 0) is 16.1 Å². The highest BCUT2D eigenvalue weighted by Crippen LogP contribution is 2.32. The lowest BCUT2D eigenvalue weighted by Crippen LogP contribution is -2.47. The summed E-state index contributed by atoms with van der Waals surface area (Å²) in [6, 6.07) is 18.4. The zero-order chi connectivity index (χ0) is 21.6. The Morgan fingerprint density at radius 2 is 1.81 bits per heavy atom. The molecule has 5 nitrogen and oxygen atoms in total. The lowest BCUT2D eigenvalue weighted by atomic mass is 10.0. The van der Waals surface area contributed by atoms with E-state index in [2.05, 4.69) is 12.1 Å². The second-order valence-corrected chi connectivity index (χ2v) is 8.63. The van der Waals surface area contributed by atoms with Crippen LogP contribution in [0, 0.1) is 6.92 Å². The summed E-state index contributed by atoms with van der Waals surface area (Å²) in [7, 11) is 0. The largest absolute Gasteiger partial charge is 0.493 e. The quantitative estimate of drug-likeness (QED) is 0.626. The van der Waals surface area contributed by atoms with Gasteiger partial charge in [0.15, 0.2) is 0 Å². The molecule has 2 fully saturated rings. The van der Waals surface area contributed by atoms with Crippen molar-refractivity contribution in [2.24, 2.45) is 0 Å². The van der Waals surface area contributed by atoms with Crippen LogP contribution < -0.4 is 4.74 Å². The van der Waals surface area contributed by atoms with Crippen molar-refractivity contribution < 1.29 is 14.3 Å². The van der Waals surface area contributed by atoms with Crippen LogP contribution in [0.4, 0.5) is 0 Å². The lowest BCUT2D eigenvalue weighted by molar-refractivity contribution is -0.136. The van der Waals surface area contributed by atoms with Gasteiger partial charge in [0, 0.05) is 25.9 Å². The Kier molecular flexibility index (Phi) is 6.90. The second-order valence-electron chi connectivity index (χ2n) is 8.63. The molecule has 2 aromatic rings. The fourth-order valence-electron chi connectivity index (χ4n) is 4.90. The van der Waals surface area contributed by atoms with E-state index in [9.17, 15) is 9.59 Å². The normalized spacial score (nSPS) is 21.0. The van der Waals surface area contributed by atoms with Gasteiger partial charge in [0.2, 0.25) is 11.8 Å². The Labute approximate surface area is 185 Å². The van der Waals surface area contributed by atoms with Crippen molar-refractivity contribution >= 4 is 11.8 Å². The van der Waals surface area contributed by atoms with Crippen LogP contribution >= 0.6 is 0 Å². The van der Waals surface area contributed by atoms with Gasteiger partial charge < -0.3 is 14.5 Å². The van der Waals surface area contributed by atoms with Crippen LogP contribution in [0.15, 0.2) is 54.6 Å². The number of hydrogen-bond acceptors (Lipinski definition) is 3. The molecule has 0 N–H and O–H groups in total. The van der Waals surface area contributed by atoms with E-state index in [-0.39, 0.29) is 23.9 Å². The van der Waals surface area contributed by atoms with E-state index in [1.807, 2.05) is 59.2 Å². The average molecular weight is 421 g/mol. The van der Waals surface area contributed by atoms with Gasteiger partial charge in [-0.25, -0.2) is 0 Å². The molecular weight excluding hydrogens is 388 g/mol. The third kappa shape index (κ3) is 5.09. The summed E-state index contributed by atoms with van der Waals surface area (Å²) < 4.78 is 5.85. The van der Waals surface area contributed by atoms with Crippen LogP contribution in [0.2, 0.25) is 0 Å². The summed E-state index contributed by atoms with van der Waals surface area (Å²) in [6.07, 6.45) is 4.40. The molecule has 0 bridgehead atoms. The number of fused-ring (bicyclic) bond motifs is 1. The number of hydrogen-bond donors (Lipinski definition) is 0. The third-order valence-electron chi connectivity index (χ3n) is 6.52. The molecule has 0 unspecified atom stereocenters. The number of para-hydroxylation sites is 1. The molecule has 2 aliphatic rings. The maximum Gasteiger partial charge on any atom is 0.223 e. The smallest absolute Gasteiger partial charge is 0.223 e. The van der Waals surface area contributed by atoms with Crippen molar-refractivity contribution in [3.8, 4) is 5.75 Å². The number of aryl methyl sites for hydroxylation is 1. The van der Waals surface area contributed by atoms with Gasteiger partial charge in [-0.3, -0.25) is 9.59 Å². The van der Waals surface area contributed by atoms with Crippen molar-refractivity contribution in [1.29, 1.82) is 0 Å². The predicted octanol–water partition coefficient (Wildman–Crippen LogP) is 4.34. The Hall–Kier alpha value is -2.82. The maximum absolute atomic E-state index is 13.0. The molecule has 164 valence electrons. The molecule has 2 saturated heterocycles. The summed E-state index contributed by atoms with van der Waals surface area (Å²) >= 11 is 0. The van der Waals surface area contributed by atoms with E-state index < -0.39 is 0 Å². The van der Waals surface area contributed by atoms with E-state index in [4.69, 9.17) is 4.74 Å².